The summed E-state index contributed by atoms with van der Waals surface area (Å²) in [6.45, 7) is 3.65. The number of benzene rings is 4. The number of methoxy groups -OCH3 is 1. The van der Waals surface area contributed by atoms with Crippen molar-refractivity contribution in [2.24, 2.45) is 0 Å². The molecule has 0 aliphatic heterocycles. The summed E-state index contributed by atoms with van der Waals surface area (Å²) in [7, 11) is -7.82. The fourth-order valence-electron chi connectivity index (χ4n) is 4.34. The zero-order valence-electron chi connectivity index (χ0n) is 21.9. The molecule has 0 aliphatic carbocycles. The van der Waals surface area contributed by atoms with Gasteiger partial charge in [-0.15, -0.1) is 0 Å². The van der Waals surface area contributed by atoms with Crippen molar-refractivity contribution < 1.29 is 26.0 Å². The van der Waals surface area contributed by atoms with Crippen LogP contribution in [0.2, 0.25) is 0 Å². The Morgan fingerprint density at radius 1 is 0.700 bits per heavy atom. The number of nitrogens with zero attached hydrogens (tertiary/aromatic N) is 1. The van der Waals surface area contributed by atoms with Gasteiger partial charge in [0.05, 0.1) is 28.2 Å². The molecule has 0 bridgehead atoms. The Morgan fingerprint density at radius 3 is 1.90 bits per heavy atom. The first-order valence-electron chi connectivity index (χ1n) is 12.2. The van der Waals surface area contributed by atoms with Crippen LogP contribution in [-0.2, 0) is 20.0 Å². The summed E-state index contributed by atoms with van der Waals surface area (Å²) in [6, 6.07) is 24.2. The van der Waals surface area contributed by atoms with Crippen molar-refractivity contribution in [1.82, 2.24) is 0 Å². The average molecular weight is 576 g/mol. The predicted octanol–water partition coefficient (Wildman–Crippen LogP) is 5.67. The van der Waals surface area contributed by atoms with Crippen molar-refractivity contribution in [2.75, 3.05) is 10.8 Å². The Kier molecular flexibility index (Phi) is 6.99. The monoisotopic (exact) mass is 575 g/mol. The maximum absolute atomic E-state index is 14.0. The molecule has 40 heavy (non-hydrogen) atoms. The molecule has 5 rings (SSSR count). The van der Waals surface area contributed by atoms with Gasteiger partial charge < -0.3 is 9.15 Å². The first-order chi connectivity index (χ1) is 19.0. The quantitative estimate of drug-likeness (QED) is 0.230. The van der Waals surface area contributed by atoms with Gasteiger partial charge in [0.1, 0.15) is 11.3 Å². The topological polar surface area (TPSA) is 111 Å². The predicted molar refractivity (Wildman–Crippen MR) is 154 cm³/mol. The Labute approximate surface area is 232 Å². The van der Waals surface area contributed by atoms with Gasteiger partial charge in [-0.05, 0) is 85.6 Å². The van der Waals surface area contributed by atoms with Crippen LogP contribution in [0.1, 0.15) is 11.1 Å². The second-order valence-corrected chi connectivity index (χ2v) is 13.0. The minimum atomic E-state index is -4.64. The lowest BCUT2D eigenvalue weighted by atomic mass is 10.0. The maximum Gasteiger partial charge on any atom is 0.344 e. The minimum absolute atomic E-state index is 0.145. The second-order valence-electron chi connectivity index (χ2n) is 9.18. The normalized spacial score (nSPS) is 11.9. The molecule has 5 aromatic rings. The van der Waals surface area contributed by atoms with Crippen LogP contribution in [0.25, 0.3) is 22.1 Å². The highest BCUT2D eigenvalue weighted by atomic mass is 32.3. The van der Waals surface area contributed by atoms with Crippen LogP contribution in [0, 0.1) is 13.8 Å². The standard InChI is InChI=1S/C30H25NO7S2/c1-20-8-13-25(14-9-20)39(33,34)31(40(35,36)26-15-11-24(37-3)12-16-26)23-10-17-29-22(18-23)19-28(30(32)38-29)27-7-5-4-6-21(27)2/h4-19H,1-3H3. The summed E-state index contributed by atoms with van der Waals surface area (Å²) in [5, 5.41) is 0.351. The fraction of sp³-hybridized carbons (Fsp3) is 0.100. The van der Waals surface area contributed by atoms with Gasteiger partial charge in [-0.1, -0.05) is 42.0 Å². The van der Waals surface area contributed by atoms with Gasteiger partial charge in [0, 0.05) is 5.39 Å². The largest absolute Gasteiger partial charge is 0.497 e. The van der Waals surface area contributed by atoms with Crippen LogP contribution in [0.5, 0.6) is 5.75 Å². The molecule has 0 fully saturated rings. The zero-order valence-corrected chi connectivity index (χ0v) is 23.5. The van der Waals surface area contributed by atoms with E-state index in [9.17, 15) is 21.6 Å². The van der Waals surface area contributed by atoms with Crippen molar-refractivity contribution in [3.05, 3.63) is 119 Å². The number of sulfonamides is 2. The smallest absolute Gasteiger partial charge is 0.344 e. The second kappa shape index (κ2) is 10.3. The molecule has 4 aromatic carbocycles. The number of hydrogen-bond acceptors (Lipinski definition) is 7. The van der Waals surface area contributed by atoms with Crippen LogP contribution >= 0.6 is 0 Å². The van der Waals surface area contributed by atoms with Crippen LogP contribution in [0.3, 0.4) is 0 Å². The van der Waals surface area contributed by atoms with Crippen molar-refractivity contribution in [3.8, 4) is 16.9 Å². The van der Waals surface area contributed by atoms with E-state index in [1.165, 1.54) is 61.7 Å². The van der Waals surface area contributed by atoms with E-state index < -0.39 is 25.7 Å². The number of hydrogen-bond donors (Lipinski definition) is 0. The van der Waals surface area contributed by atoms with Crippen molar-refractivity contribution >= 4 is 36.7 Å². The lowest BCUT2D eigenvalue weighted by Gasteiger charge is -2.24. The molecule has 1 aromatic heterocycles. The molecule has 0 spiro atoms. The molecule has 0 radical (unpaired) electrons. The third-order valence-electron chi connectivity index (χ3n) is 6.47. The van der Waals surface area contributed by atoms with E-state index >= 15 is 0 Å². The highest BCUT2D eigenvalue weighted by molar-refractivity contribution is 8.10. The van der Waals surface area contributed by atoms with Gasteiger partial charge in [0.25, 0.3) is 20.0 Å². The minimum Gasteiger partial charge on any atom is -0.497 e. The molecule has 0 unspecified atom stereocenters. The molecule has 0 N–H and O–H groups in total. The summed E-state index contributed by atoms with van der Waals surface area (Å²) in [4.78, 5) is 12.3. The van der Waals surface area contributed by atoms with E-state index in [4.69, 9.17) is 9.15 Å². The van der Waals surface area contributed by atoms with Gasteiger partial charge in [-0.2, -0.15) is 3.71 Å². The lowest BCUT2D eigenvalue weighted by Crippen LogP contribution is -2.37. The Hall–Kier alpha value is -4.41. The Bertz CT molecular complexity index is 2000. The number of aryl methyl sites for hydroxylation is 2. The SMILES string of the molecule is COc1ccc(S(=O)(=O)N(c2ccc3oc(=O)c(-c4ccccc4C)cc3c2)S(=O)(=O)c2ccc(C)cc2)cc1. The molecule has 0 amide bonds. The third kappa shape index (κ3) is 4.87. The highest BCUT2D eigenvalue weighted by Gasteiger charge is 2.37. The molecule has 8 nitrogen and oxygen atoms in total. The lowest BCUT2D eigenvalue weighted by molar-refractivity contribution is 0.414. The molecule has 0 saturated heterocycles. The summed E-state index contributed by atoms with van der Waals surface area (Å²) >= 11 is 0. The maximum atomic E-state index is 14.0. The van der Waals surface area contributed by atoms with Crippen LogP contribution in [-0.4, -0.2) is 23.9 Å². The molecular weight excluding hydrogens is 550 g/mol. The van der Waals surface area contributed by atoms with Gasteiger partial charge in [-0.3, -0.25) is 0 Å². The molecule has 1 heterocycles. The van der Waals surface area contributed by atoms with Crippen molar-refractivity contribution in [2.45, 2.75) is 23.6 Å². The van der Waals surface area contributed by atoms with E-state index in [0.717, 1.165) is 11.1 Å². The number of rotatable bonds is 7. The summed E-state index contributed by atoms with van der Waals surface area (Å²) in [5.74, 6) is 0.413. The number of fused-ring (bicyclic) bond motifs is 1. The first-order valence-corrected chi connectivity index (χ1v) is 15.1. The number of ether oxygens (including phenoxy) is 1. The Morgan fingerprint density at radius 2 is 1.30 bits per heavy atom. The fourth-order valence-corrected chi connectivity index (χ4v) is 8.02. The summed E-state index contributed by atoms with van der Waals surface area (Å²) in [5.41, 5.74) is 2.05. The average Bonchev–Trinajstić information content (AvgIpc) is 2.93. The van der Waals surface area contributed by atoms with Gasteiger partial charge in [-0.25, -0.2) is 21.6 Å². The third-order valence-corrected chi connectivity index (χ3v) is 10.7. The highest BCUT2D eigenvalue weighted by Crippen LogP contribution is 2.34. The van der Waals surface area contributed by atoms with Crippen LogP contribution in [0.4, 0.5) is 5.69 Å². The van der Waals surface area contributed by atoms with E-state index in [2.05, 4.69) is 0 Å². The van der Waals surface area contributed by atoms with Gasteiger partial charge >= 0.3 is 5.63 Å². The van der Waals surface area contributed by atoms with E-state index in [-0.39, 0.29) is 26.6 Å². The number of anilines is 1. The summed E-state index contributed by atoms with van der Waals surface area (Å²) < 4.78 is 66.9. The van der Waals surface area contributed by atoms with Crippen LogP contribution < -0.4 is 14.1 Å². The van der Waals surface area contributed by atoms with Crippen molar-refractivity contribution in [1.29, 1.82) is 0 Å². The molecule has 204 valence electrons. The molecule has 0 saturated carbocycles. The van der Waals surface area contributed by atoms with Crippen molar-refractivity contribution in [3.63, 3.8) is 0 Å². The molecule has 0 atom stereocenters. The molecule has 10 heteroatoms. The first kappa shape index (κ1) is 27.2. The van der Waals surface area contributed by atoms with Gasteiger partial charge in [0.2, 0.25) is 0 Å². The summed E-state index contributed by atoms with van der Waals surface area (Å²) in [6.07, 6.45) is 0. The van der Waals surface area contributed by atoms with E-state index in [1.54, 1.807) is 37.3 Å². The van der Waals surface area contributed by atoms with E-state index in [0.29, 0.717) is 20.4 Å². The van der Waals surface area contributed by atoms with Gasteiger partial charge in [0.15, 0.2) is 0 Å². The molecule has 0 aliphatic rings. The Balaban J connectivity index is 1.75. The zero-order chi connectivity index (χ0) is 28.7. The van der Waals surface area contributed by atoms with E-state index in [1.807, 2.05) is 19.1 Å². The van der Waals surface area contributed by atoms with Crippen LogP contribution in [0.15, 0.2) is 116 Å². The molecular formula is C30H25NO7S2.